The van der Waals surface area contributed by atoms with Crippen LogP contribution >= 0.6 is 0 Å². The van der Waals surface area contributed by atoms with E-state index in [9.17, 15) is 9.59 Å². The van der Waals surface area contributed by atoms with Crippen molar-refractivity contribution < 1.29 is 4.79 Å². The molecule has 0 spiro atoms. The van der Waals surface area contributed by atoms with Crippen LogP contribution in [0.5, 0.6) is 0 Å². The van der Waals surface area contributed by atoms with Gasteiger partial charge in [-0.05, 0) is 6.42 Å². The molecule has 1 rings (SSSR count). The second-order valence-electron chi connectivity index (χ2n) is 3.03. The van der Waals surface area contributed by atoms with Gasteiger partial charge >= 0.3 is 5.69 Å². The SMILES string of the molecule is CC(=O)NCCC=Cc1cnc(=O)[nH]c1. The third-order valence-electron chi connectivity index (χ3n) is 1.69. The molecule has 1 aromatic heterocycles. The van der Waals surface area contributed by atoms with Crippen molar-refractivity contribution >= 4 is 12.0 Å². The zero-order valence-corrected chi connectivity index (χ0v) is 8.49. The van der Waals surface area contributed by atoms with Crippen LogP contribution in [0.2, 0.25) is 0 Å². The van der Waals surface area contributed by atoms with Crippen molar-refractivity contribution in [1.82, 2.24) is 15.3 Å². The molecule has 2 N–H and O–H groups in total. The number of hydrogen-bond acceptors (Lipinski definition) is 3. The van der Waals surface area contributed by atoms with Gasteiger partial charge in [0.2, 0.25) is 5.91 Å². The average molecular weight is 207 g/mol. The second-order valence-corrected chi connectivity index (χ2v) is 3.03. The summed E-state index contributed by atoms with van der Waals surface area (Å²) in [5.74, 6) is -0.0332. The maximum atomic E-state index is 10.6. The minimum absolute atomic E-state index is 0.0332. The molecular formula is C10H13N3O2. The molecule has 0 radical (unpaired) electrons. The Bertz CT molecular complexity index is 389. The van der Waals surface area contributed by atoms with Crippen LogP contribution in [0.3, 0.4) is 0 Å². The smallest absolute Gasteiger partial charge is 0.344 e. The number of carbonyl (C=O) groups is 1. The third kappa shape index (κ3) is 4.75. The van der Waals surface area contributed by atoms with E-state index in [0.717, 1.165) is 12.0 Å². The van der Waals surface area contributed by atoms with Crippen molar-refractivity contribution in [2.24, 2.45) is 0 Å². The highest BCUT2D eigenvalue weighted by atomic mass is 16.1. The van der Waals surface area contributed by atoms with E-state index in [4.69, 9.17) is 0 Å². The molecule has 0 atom stereocenters. The molecule has 0 bridgehead atoms. The Hall–Kier alpha value is -1.91. The van der Waals surface area contributed by atoms with Gasteiger partial charge in [-0.1, -0.05) is 12.2 Å². The summed E-state index contributed by atoms with van der Waals surface area (Å²) in [5, 5.41) is 2.68. The van der Waals surface area contributed by atoms with Crippen molar-refractivity contribution in [2.45, 2.75) is 13.3 Å². The highest BCUT2D eigenvalue weighted by Crippen LogP contribution is 1.95. The monoisotopic (exact) mass is 207 g/mol. The predicted molar refractivity (Wildman–Crippen MR) is 57.2 cm³/mol. The first-order valence-corrected chi connectivity index (χ1v) is 4.64. The number of H-pyrrole nitrogens is 1. The first-order valence-electron chi connectivity index (χ1n) is 4.64. The van der Waals surface area contributed by atoms with E-state index < -0.39 is 0 Å². The fraction of sp³-hybridized carbons (Fsp3) is 0.300. The number of hydrogen-bond donors (Lipinski definition) is 2. The number of nitrogens with one attached hydrogen (secondary N) is 2. The van der Waals surface area contributed by atoms with Crippen molar-refractivity contribution in [2.75, 3.05) is 6.54 Å². The van der Waals surface area contributed by atoms with Crippen molar-refractivity contribution in [3.8, 4) is 0 Å². The lowest BCUT2D eigenvalue weighted by Crippen LogP contribution is -2.20. The van der Waals surface area contributed by atoms with Crippen molar-refractivity contribution in [3.05, 3.63) is 34.5 Å². The zero-order valence-electron chi connectivity index (χ0n) is 8.49. The van der Waals surface area contributed by atoms with E-state index in [0.29, 0.717) is 6.54 Å². The molecule has 15 heavy (non-hydrogen) atoms. The quantitative estimate of drug-likeness (QED) is 0.698. The molecule has 0 aliphatic heterocycles. The van der Waals surface area contributed by atoms with E-state index in [-0.39, 0.29) is 11.6 Å². The largest absolute Gasteiger partial charge is 0.356 e. The molecule has 0 aliphatic rings. The average Bonchev–Trinajstić information content (AvgIpc) is 2.20. The lowest BCUT2D eigenvalue weighted by molar-refractivity contribution is -0.118. The Labute approximate surface area is 87.2 Å². The topological polar surface area (TPSA) is 74.8 Å². The molecule has 1 heterocycles. The number of nitrogens with zero attached hydrogens (tertiary/aromatic N) is 1. The van der Waals surface area contributed by atoms with Gasteiger partial charge in [0.15, 0.2) is 0 Å². The Balaban J connectivity index is 2.35. The van der Waals surface area contributed by atoms with Gasteiger partial charge in [-0.2, -0.15) is 0 Å². The van der Waals surface area contributed by atoms with Crippen LogP contribution in [0.1, 0.15) is 18.9 Å². The second kappa shape index (κ2) is 5.74. The Morgan fingerprint density at radius 2 is 2.47 bits per heavy atom. The molecule has 80 valence electrons. The predicted octanol–water partition coefficient (Wildman–Crippen LogP) is 0.309. The van der Waals surface area contributed by atoms with Crippen LogP contribution in [0.15, 0.2) is 23.3 Å². The number of aromatic nitrogens is 2. The summed E-state index contributed by atoms with van der Waals surface area (Å²) in [5.41, 5.74) is 0.475. The van der Waals surface area contributed by atoms with Crippen LogP contribution < -0.4 is 11.0 Å². The van der Waals surface area contributed by atoms with E-state index in [2.05, 4.69) is 15.3 Å². The van der Waals surface area contributed by atoms with Gasteiger partial charge in [-0.25, -0.2) is 9.78 Å². The van der Waals surface area contributed by atoms with Crippen LogP contribution in [-0.4, -0.2) is 22.4 Å². The first-order chi connectivity index (χ1) is 7.18. The number of aromatic amines is 1. The van der Waals surface area contributed by atoms with Gasteiger partial charge in [-0.15, -0.1) is 0 Å². The van der Waals surface area contributed by atoms with E-state index in [1.807, 2.05) is 12.2 Å². The standard InChI is InChI=1S/C10H13N3O2/c1-8(14)11-5-3-2-4-9-6-12-10(15)13-7-9/h2,4,6-7H,3,5H2,1H3,(H,11,14)(H,12,13,15). The summed E-state index contributed by atoms with van der Waals surface area (Å²) in [6.07, 6.45) is 7.58. The minimum atomic E-state index is -0.356. The Morgan fingerprint density at radius 1 is 1.67 bits per heavy atom. The van der Waals surface area contributed by atoms with Gasteiger partial charge in [-0.3, -0.25) is 4.79 Å². The van der Waals surface area contributed by atoms with Crippen LogP contribution in [0.25, 0.3) is 6.08 Å². The normalized spacial score (nSPS) is 10.5. The molecule has 1 aromatic rings. The number of rotatable bonds is 4. The highest BCUT2D eigenvalue weighted by Gasteiger charge is 1.88. The molecule has 5 heteroatoms. The summed E-state index contributed by atoms with van der Waals surface area (Å²) in [6, 6.07) is 0. The lowest BCUT2D eigenvalue weighted by atomic mass is 10.3. The van der Waals surface area contributed by atoms with Crippen LogP contribution in [0, 0.1) is 0 Å². The molecule has 5 nitrogen and oxygen atoms in total. The molecule has 0 fully saturated rings. The van der Waals surface area contributed by atoms with Gasteiger partial charge < -0.3 is 10.3 Å². The summed E-state index contributed by atoms with van der Waals surface area (Å²) in [7, 11) is 0. The number of carbonyl (C=O) groups excluding carboxylic acids is 1. The van der Waals surface area contributed by atoms with Crippen LogP contribution in [-0.2, 0) is 4.79 Å². The van der Waals surface area contributed by atoms with Crippen LogP contribution in [0.4, 0.5) is 0 Å². The fourth-order valence-electron chi connectivity index (χ4n) is 0.995. The summed E-state index contributed by atoms with van der Waals surface area (Å²) < 4.78 is 0. The molecule has 0 unspecified atom stereocenters. The molecule has 0 saturated carbocycles. The van der Waals surface area contributed by atoms with Gasteiger partial charge in [0, 0.05) is 31.4 Å². The van der Waals surface area contributed by atoms with Crippen molar-refractivity contribution in [1.29, 1.82) is 0 Å². The Morgan fingerprint density at radius 3 is 3.07 bits per heavy atom. The van der Waals surface area contributed by atoms with Crippen molar-refractivity contribution in [3.63, 3.8) is 0 Å². The fourth-order valence-corrected chi connectivity index (χ4v) is 0.995. The minimum Gasteiger partial charge on any atom is -0.356 e. The summed E-state index contributed by atoms with van der Waals surface area (Å²) >= 11 is 0. The van der Waals surface area contributed by atoms with Gasteiger partial charge in [0.05, 0.1) is 0 Å². The molecule has 0 aliphatic carbocycles. The maximum absolute atomic E-state index is 10.6. The summed E-state index contributed by atoms with van der Waals surface area (Å²) in [4.78, 5) is 27.2. The third-order valence-corrected chi connectivity index (χ3v) is 1.69. The lowest BCUT2D eigenvalue weighted by Gasteiger charge is -1.96. The van der Waals surface area contributed by atoms with E-state index in [1.165, 1.54) is 13.1 Å². The molecular weight excluding hydrogens is 194 g/mol. The molecule has 0 aromatic carbocycles. The highest BCUT2D eigenvalue weighted by molar-refractivity contribution is 5.72. The van der Waals surface area contributed by atoms with E-state index >= 15 is 0 Å². The zero-order chi connectivity index (χ0) is 11.1. The molecule has 0 saturated heterocycles. The Kier molecular flexibility index (Phi) is 4.28. The van der Waals surface area contributed by atoms with Gasteiger partial charge in [0.25, 0.3) is 0 Å². The maximum Gasteiger partial charge on any atom is 0.344 e. The van der Waals surface area contributed by atoms with Gasteiger partial charge in [0.1, 0.15) is 0 Å². The number of amides is 1. The van der Waals surface area contributed by atoms with E-state index in [1.54, 1.807) is 6.20 Å². The molecule has 1 amide bonds. The first kappa shape index (κ1) is 11.2. The summed E-state index contributed by atoms with van der Waals surface area (Å²) in [6.45, 7) is 2.10.